The molecule has 0 unspecified atom stereocenters. The van der Waals surface area contributed by atoms with Gasteiger partial charge in [0.15, 0.2) is 10.4 Å². The van der Waals surface area contributed by atoms with Crippen LogP contribution in [0.15, 0.2) is 39.9 Å². The third-order valence-corrected chi connectivity index (χ3v) is 2.04. The number of nitrogens with one attached hydrogen (secondary N) is 1. The van der Waals surface area contributed by atoms with Gasteiger partial charge < -0.3 is 9.73 Å². The summed E-state index contributed by atoms with van der Waals surface area (Å²) in [6.45, 7) is 0. The largest absolute Gasteiger partial charge is 0.444 e. The second-order valence-electron chi connectivity index (χ2n) is 2.69. The molecule has 0 fully saturated rings. The number of hydrogen-bond acceptors (Lipinski definition) is 4. The highest BCUT2D eigenvalue weighted by atomic mass is 79.9. The van der Waals surface area contributed by atoms with E-state index in [0.29, 0.717) is 10.4 Å². The third-order valence-electron chi connectivity index (χ3n) is 1.62. The summed E-state index contributed by atoms with van der Waals surface area (Å²) in [6.07, 6.45) is 4.39. The molecule has 0 saturated heterocycles. The van der Waals surface area contributed by atoms with Crippen molar-refractivity contribution in [3.8, 4) is 0 Å². The minimum absolute atomic E-state index is 0.228. The molecule has 0 aromatic carbocycles. The number of furan rings is 1. The highest BCUT2D eigenvalue weighted by Gasteiger charge is 2.10. The second kappa shape index (κ2) is 4.22. The van der Waals surface area contributed by atoms with Crippen molar-refractivity contribution < 1.29 is 9.21 Å². The Kier molecular flexibility index (Phi) is 2.77. The molecule has 2 heterocycles. The zero-order valence-corrected chi connectivity index (χ0v) is 9.06. The minimum atomic E-state index is -0.337. The van der Waals surface area contributed by atoms with Crippen LogP contribution in [0.3, 0.4) is 0 Å². The van der Waals surface area contributed by atoms with E-state index in [9.17, 15) is 4.79 Å². The summed E-state index contributed by atoms with van der Waals surface area (Å²) in [6, 6.07) is 3.22. The van der Waals surface area contributed by atoms with Gasteiger partial charge in [-0.15, -0.1) is 0 Å². The molecule has 0 aliphatic heterocycles. The number of halogens is 1. The molecule has 1 N–H and O–H groups in total. The quantitative estimate of drug-likeness (QED) is 0.905. The van der Waals surface area contributed by atoms with Crippen molar-refractivity contribution in [3.05, 3.63) is 41.3 Å². The summed E-state index contributed by atoms with van der Waals surface area (Å²) in [5.74, 6) is -0.110. The minimum Gasteiger partial charge on any atom is -0.444 e. The lowest BCUT2D eigenvalue weighted by Gasteiger charge is -2.00. The van der Waals surface area contributed by atoms with E-state index in [2.05, 4.69) is 31.2 Å². The van der Waals surface area contributed by atoms with Crippen LogP contribution in [-0.4, -0.2) is 15.9 Å². The fraction of sp³-hybridized carbons (Fsp3) is 0. The van der Waals surface area contributed by atoms with Crippen LogP contribution in [0.1, 0.15) is 10.6 Å². The predicted octanol–water partition coefficient (Wildman–Crippen LogP) is 2.08. The van der Waals surface area contributed by atoms with Crippen LogP contribution in [0.2, 0.25) is 0 Å². The molecule has 0 saturated carbocycles. The predicted molar refractivity (Wildman–Crippen MR) is 56.4 cm³/mol. The van der Waals surface area contributed by atoms with Crippen molar-refractivity contribution in [3.63, 3.8) is 0 Å². The van der Waals surface area contributed by atoms with Crippen LogP contribution < -0.4 is 5.32 Å². The number of amides is 1. The average molecular weight is 268 g/mol. The van der Waals surface area contributed by atoms with Crippen molar-refractivity contribution in [2.75, 3.05) is 5.32 Å². The van der Waals surface area contributed by atoms with E-state index in [4.69, 9.17) is 4.42 Å². The second-order valence-corrected chi connectivity index (χ2v) is 3.47. The Balaban J connectivity index is 2.11. The van der Waals surface area contributed by atoms with Gasteiger partial charge in [-0.05, 0) is 28.1 Å². The van der Waals surface area contributed by atoms with Gasteiger partial charge in [0.05, 0.1) is 18.1 Å². The molecule has 2 aromatic heterocycles. The van der Waals surface area contributed by atoms with Crippen molar-refractivity contribution >= 4 is 27.5 Å². The lowest BCUT2D eigenvalue weighted by atomic mass is 10.4. The molecule has 15 heavy (non-hydrogen) atoms. The Hall–Kier alpha value is -1.69. The Labute approximate surface area is 93.7 Å². The Morgan fingerprint density at radius 1 is 1.33 bits per heavy atom. The number of nitrogens with zero attached hydrogens (tertiary/aromatic N) is 2. The van der Waals surface area contributed by atoms with Gasteiger partial charge in [-0.2, -0.15) is 0 Å². The summed E-state index contributed by atoms with van der Waals surface area (Å²) in [4.78, 5) is 19.1. The highest BCUT2D eigenvalue weighted by Crippen LogP contribution is 2.15. The lowest BCUT2D eigenvalue weighted by Crippen LogP contribution is -2.11. The topological polar surface area (TPSA) is 68.0 Å². The molecule has 2 aromatic rings. The number of rotatable bonds is 2. The van der Waals surface area contributed by atoms with Crippen molar-refractivity contribution in [2.45, 2.75) is 0 Å². The summed E-state index contributed by atoms with van der Waals surface area (Å²) < 4.78 is 5.59. The van der Waals surface area contributed by atoms with Gasteiger partial charge in [0, 0.05) is 0 Å². The van der Waals surface area contributed by atoms with Gasteiger partial charge in [0.25, 0.3) is 5.91 Å². The maximum atomic E-state index is 11.5. The van der Waals surface area contributed by atoms with Gasteiger partial charge in [-0.25, -0.2) is 9.97 Å². The van der Waals surface area contributed by atoms with E-state index in [1.165, 1.54) is 18.7 Å². The maximum Gasteiger partial charge on any atom is 0.291 e. The number of aromatic nitrogens is 2. The Morgan fingerprint density at radius 2 is 2.07 bits per heavy atom. The molecule has 5 nitrogen and oxygen atoms in total. The third kappa shape index (κ3) is 2.41. The van der Waals surface area contributed by atoms with E-state index < -0.39 is 0 Å². The van der Waals surface area contributed by atoms with E-state index in [-0.39, 0.29) is 11.7 Å². The molecule has 0 aliphatic carbocycles. The van der Waals surface area contributed by atoms with Crippen LogP contribution in [-0.2, 0) is 0 Å². The van der Waals surface area contributed by atoms with Crippen LogP contribution in [0.25, 0.3) is 0 Å². The van der Waals surface area contributed by atoms with Gasteiger partial charge in [-0.1, -0.05) is 0 Å². The fourth-order valence-corrected chi connectivity index (χ4v) is 1.30. The first-order valence-electron chi connectivity index (χ1n) is 4.07. The van der Waals surface area contributed by atoms with Gasteiger partial charge in [0.1, 0.15) is 6.33 Å². The van der Waals surface area contributed by atoms with Crippen LogP contribution in [0.4, 0.5) is 5.69 Å². The lowest BCUT2D eigenvalue weighted by molar-refractivity contribution is 0.0995. The van der Waals surface area contributed by atoms with Gasteiger partial charge in [0.2, 0.25) is 0 Å². The van der Waals surface area contributed by atoms with E-state index in [0.717, 1.165) is 0 Å². The van der Waals surface area contributed by atoms with Crippen LogP contribution in [0.5, 0.6) is 0 Å². The monoisotopic (exact) mass is 267 g/mol. The smallest absolute Gasteiger partial charge is 0.291 e. The number of carbonyl (C=O) groups excluding carboxylic acids is 1. The van der Waals surface area contributed by atoms with Crippen molar-refractivity contribution in [1.29, 1.82) is 0 Å². The summed E-state index contributed by atoms with van der Waals surface area (Å²) in [5, 5.41) is 2.59. The molecule has 0 spiro atoms. The summed E-state index contributed by atoms with van der Waals surface area (Å²) in [7, 11) is 0. The number of hydrogen-bond donors (Lipinski definition) is 1. The van der Waals surface area contributed by atoms with Crippen LogP contribution in [0, 0.1) is 0 Å². The molecule has 2 rings (SSSR count). The maximum absolute atomic E-state index is 11.5. The zero-order valence-electron chi connectivity index (χ0n) is 7.48. The molecule has 0 atom stereocenters. The fourth-order valence-electron chi connectivity index (χ4n) is 0.993. The molecule has 0 bridgehead atoms. The first-order valence-corrected chi connectivity index (χ1v) is 4.87. The standard InChI is InChI=1S/C9H6BrN3O2/c10-8-2-1-7(15-8)9(14)13-6-3-11-5-12-4-6/h1-5H,(H,13,14). The molecular weight excluding hydrogens is 262 g/mol. The first kappa shape index (κ1) is 9.85. The molecule has 76 valence electrons. The first-order chi connectivity index (χ1) is 7.25. The molecule has 1 amide bonds. The van der Waals surface area contributed by atoms with Crippen molar-refractivity contribution in [1.82, 2.24) is 9.97 Å². The summed E-state index contributed by atoms with van der Waals surface area (Å²) in [5.41, 5.74) is 0.523. The summed E-state index contributed by atoms with van der Waals surface area (Å²) >= 11 is 3.11. The average Bonchev–Trinajstić information content (AvgIpc) is 2.66. The van der Waals surface area contributed by atoms with E-state index in [1.807, 2.05) is 0 Å². The van der Waals surface area contributed by atoms with Crippen LogP contribution >= 0.6 is 15.9 Å². The Bertz CT molecular complexity index is 469. The molecule has 6 heteroatoms. The SMILES string of the molecule is O=C(Nc1cncnc1)c1ccc(Br)o1. The van der Waals surface area contributed by atoms with Crippen molar-refractivity contribution in [2.24, 2.45) is 0 Å². The van der Waals surface area contributed by atoms with Gasteiger partial charge in [-0.3, -0.25) is 4.79 Å². The Morgan fingerprint density at radius 3 is 2.67 bits per heavy atom. The molecular formula is C9H6BrN3O2. The highest BCUT2D eigenvalue weighted by molar-refractivity contribution is 9.10. The normalized spacial score (nSPS) is 9.93. The zero-order chi connectivity index (χ0) is 10.7. The van der Waals surface area contributed by atoms with E-state index in [1.54, 1.807) is 12.1 Å². The van der Waals surface area contributed by atoms with E-state index >= 15 is 0 Å². The number of anilines is 1. The molecule has 0 aliphatic rings. The number of carbonyl (C=O) groups is 1. The van der Waals surface area contributed by atoms with Gasteiger partial charge >= 0.3 is 0 Å². The molecule has 0 radical (unpaired) electrons.